The number of nitrogens with one attached hydrogen (secondary N) is 1. The number of rotatable bonds is 4. The van der Waals surface area contributed by atoms with Crippen molar-refractivity contribution in [3.8, 4) is 0 Å². The lowest BCUT2D eigenvalue weighted by Crippen LogP contribution is -2.48. The third-order valence-electron chi connectivity index (χ3n) is 4.79. The van der Waals surface area contributed by atoms with E-state index in [0.29, 0.717) is 5.02 Å². The number of piperazine rings is 1. The SMILES string of the molecule is Cc1c(Cl)cccc1NC(=O)[C@H](c1ccccc1)N1CCN(C)CC1. The zero-order chi connectivity index (χ0) is 17.8. The fourth-order valence-electron chi connectivity index (χ4n) is 3.19. The molecule has 4 nitrogen and oxygen atoms in total. The predicted octanol–water partition coefficient (Wildman–Crippen LogP) is 3.58. The Morgan fingerprint density at radius 1 is 1.04 bits per heavy atom. The summed E-state index contributed by atoms with van der Waals surface area (Å²) in [6.45, 7) is 5.60. The number of benzene rings is 2. The quantitative estimate of drug-likeness (QED) is 0.908. The minimum Gasteiger partial charge on any atom is -0.324 e. The molecule has 1 N–H and O–H groups in total. The molecule has 1 saturated heterocycles. The molecule has 0 aliphatic carbocycles. The van der Waals surface area contributed by atoms with Gasteiger partial charge in [0, 0.05) is 36.9 Å². The van der Waals surface area contributed by atoms with Gasteiger partial charge in [-0.25, -0.2) is 0 Å². The minimum absolute atomic E-state index is 0.0129. The molecule has 2 aromatic rings. The van der Waals surface area contributed by atoms with Crippen LogP contribution >= 0.6 is 11.6 Å². The molecular formula is C20H24ClN3O. The molecule has 1 atom stereocenters. The molecule has 3 rings (SSSR count). The van der Waals surface area contributed by atoms with E-state index in [-0.39, 0.29) is 11.9 Å². The molecule has 0 spiro atoms. The summed E-state index contributed by atoms with van der Waals surface area (Å²) >= 11 is 6.19. The first-order chi connectivity index (χ1) is 12.1. The van der Waals surface area contributed by atoms with Gasteiger partial charge in [0.05, 0.1) is 0 Å². The molecule has 1 amide bonds. The van der Waals surface area contributed by atoms with Gasteiger partial charge >= 0.3 is 0 Å². The van der Waals surface area contributed by atoms with Crippen LogP contribution in [0.2, 0.25) is 5.02 Å². The molecule has 0 unspecified atom stereocenters. The fraction of sp³-hybridized carbons (Fsp3) is 0.350. The van der Waals surface area contributed by atoms with E-state index in [2.05, 4.69) is 22.2 Å². The van der Waals surface area contributed by atoms with Crippen LogP contribution in [0.3, 0.4) is 0 Å². The molecule has 132 valence electrons. The first-order valence-electron chi connectivity index (χ1n) is 8.60. The molecule has 2 aromatic carbocycles. The number of hydrogen-bond donors (Lipinski definition) is 1. The predicted molar refractivity (Wildman–Crippen MR) is 103 cm³/mol. The summed E-state index contributed by atoms with van der Waals surface area (Å²) in [5, 5.41) is 3.74. The van der Waals surface area contributed by atoms with Gasteiger partial charge in [0.1, 0.15) is 6.04 Å². The van der Waals surface area contributed by atoms with E-state index in [9.17, 15) is 4.79 Å². The highest BCUT2D eigenvalue weighted by Crippen LogP contribution is 2.27. The third kappa shape index (κ3) is 4.21. The van der Waals surface area contributed by atoms with E-state index in [0.717, 1.165) is 43.0 Å². The number of likely N-dealkylation sites (N-methyl/N-ethyl adjacent to an activating group) is 1. The first-order valence-corrected chi connectivity index (χ1v) is 8.97. The first kappa shape index (κ1) is 17.9. The molecule has 1 fully saturated rings. The van der Waals surface area contributed by atoms with E-state index in [1.165, 1.54) is 0 Å². The van der Waals surface area contributed by atoms with Crippen LogP contribution in [0.5, 0.6) is 0 Å². The van der Waals surface area contributed by atoms with E-state index in [1.54, 1.807) is 0 Å². The second kappa shape index (κ2) is 8.00. The van der Waals surface area contributed by atoms with Crippen molar-refractivity contribution >= 4 is 23.2 Å². The van der Waals surface area contributed by atoms with Crippen LogP contribution in [-0.2, 0) is 4.79 Å². The molecule has 0 saturated carbocycles. The second-order valence-corrected chi connectivity index (χ2v) is 6.96. The van der Waals surface area contributed by atoms with Gasteiger partial charge in [-0.2, -0.15) is 0 Å². The van der Waals surface area contributed by atoms with Crippen molar-refractivity contribution in [1.82, 2.24) is 9.80 Å². The van der Waals surface area contributed by atoms with Crippen molar-refractivity contribution in [2.24, 2.45) is 0 Å². The molecule has 25 heavy (non-hydrogen) atoms. The van der Waals surface area contributed by atoms with Crippen LogP contribution in [0, 0.1) is 6.92 Å². The van der Waals surface area contributed by atoms with E-state index in [1.807, 2.05) is 55.5 Å². The standard InChI is InChI=1S/C20H24ClN3O/c1-15-17(21)9-6-10-18(15)22-20(25)19(16-7-4-3-5-8-16)24-13-11-23(2)12-14-24/h3-10,19H,11-14H2,1-2H3,(H,22,25)/t19-/m0/s1. The summed E-state index contributed by atoms with van der Waals surface area (Å²) in [5.41, 5.74) is 2.68. The number of nitrogens with zero attached hydrogens (tertiary/aromatic N) is 2. The van der Waals surface area contributed by atoms with Crippen molar-refractivity contribution in [3.63, 3.8) is 0 Å². The average Bonchev–Trinajstić information content (AvgIpc) is 2.62. The van der Waals surface area contributed by atoms with Crippen molar-refractivity contribution in [2.45, 2.75) is 13.0 Å². The zero-order valence-corrected chi connectivity index (χ0v) is 15.5. The number of anilines is 1. The summed E-state index contributed by atoms with van der Waals surface area (Å²) in [6, 6.07) is 15.3. The molecular weight excluding hydrogens is 334 g/mol. The van der Waals surface area contributed by atoms with Crippen molar-refractivity contribution in [1.29, 1.82) is 0 Å². The second-order valence-electron chi connectivity index (χ2n) is 6.55. The van der Waals surface area contributed by atoms with Gasteiger partial charge < -0.3 is 10.2 Å². The normalized spacial score (nSPS) is 17.2. The Morgan fingerprint density at radius 3 is 2.40 bits per heavy atom. The Morgan fingerprint density at radius 2 is 1.72 bits per heavy atom. The third-order valence-corrected chi connectivity index (χ3v) is 5.20. The number of hydrogen-bond acceptors (Lipinski definition) is 3. The molecule has 0 bridgehead atoms. The maximum absolute atomic E-state index is 13.1. The van der Waals surface area contributed by atoms with Crippen LogP contribution in [0.1, 0.15) is 17.2 Å². The van der Waals surface area contributed by atoms with Crippen molar-refractivity contribution in [3.05, 3.63) is 64.7 Å². The Balaban J connectivity index is 1.86. The largest absolute Gasteiger partial charge is 0.324 e. The number of halogens is 1. The number of amides is 1. The van der Waals surface area contributed by atoms with E-state index < -0.39 is 0 Å². The number of carbonyl (C=O) groups is 1. The van der Waals surface area contributed by atoms with Crippen LogP contribution in [0.25, 0.3) is 0 Å². The van der Waals surface area contributed by atoms with E-state index in [4.69, 9.17) is 11.6 Å². The van der Waals surface area contributed by atoms with Crippen LogP contribution < -0.4 is 5.32 Å². The van der Waals surface area contributed by atoms with Crippen LogP contribution in [-0.4, -0.2) is 48.9 Å². The molecule has 1 aliphatic rings. The van der Waals surface area contributed by atoms with Gasteiger partial charge in [0.15, 0.2) is 0 Å². The highest BCUT2D eigenvalue weighted by molar-refractivity contribution is 6.31. The lowest BCUT2D eigenvalue weighted by molar-refractivity contribution is -0.122. The van der Waals surface area contributed by atoms with Gasteiger partial charge in [-0.05, 0) is 37.2 Å². The summed E-state index contributed by atoms with van der Waals surface area (Å²) < 4.78 is 0. The van der Waals surface area contributed by atoms with Gasteiger partial charge in [-0.15, -0.1) is 0 Å². The van der Waals surface area contributed by atoms with Crippen molar-refractivity contribution in [2.75, 3.05) is 38.5 Å². The summed E-state index contributed by atoms with van der Waals surface area (Å²) in [7, 11) is 2.12. The van der Waals surface area contributed by atoms with Gasteiger partial charge in [-0.3, -0.25) is 9.69 Å². The van der Waals surface area contributed by atoms with Gasteiger partial charge in [0.2, 0.25) is 5.91 Å². The Kier molecular flexibility index (Phi) is 5.74. The Bertz CT molecular complexity index is 727. The molecule has 5 heteroatoms. The summed E-state index contributed by atoms with van der Waals surface area (Å²) in [4.78, 5) is 17.7. The van der Waals surface area contributed by atoms with Crippen LogP contribution in [0.4, 0.5) is 5.69 Å². The highest BCUT2D eigenvalue weighted by Gasteiger charge is 2.30. The fourth-order valence-corrected chi connectivity index (χ4v) is 3.36. The van der Waals surface area contributed by atoms with E-state index >= 15 is 0 Å². The topological polar surface area (TPSA) is 35.6 Å². The Labute approximate surface area is 154 Å². The maximum Gasteiger partial charge on any atom is 0.246 e. The minimum atomic E-state index is -0.298. The highest BCUT2D eigenvalue weighted by atomic mass is 35.5. The molecule has 0 radical (unpaired) electrons. The summed E-state index contributed by atoms with van der Waals surface area (Å²) in [6.07, 6.45) is 0. The lowest BCUT2D eigenvalue weighted by atomic mass is 10.0. The summed E-state index contributed by atoms with van der Waals surface area (Å²) in [5.74, 6) is -0.0129. The van der Waals surface area contributed by atoms with Gasteiger partial charge in [-0.1, -0.05) is 48.0 Å². The van der Waals surface area contributed by atoms with Crippen molar-refractivity contribution < 1.29 is 4.79 Å². The lowest BCUT2D eigenvalue weighted by Gasteiger charge is -2.37. The number of carbonyl (C=O) groups excluding carboxylic acids is 1. The molecule has 1 aliphatic heterocycles. The Hall–Kier alpha value is -1.88. The van der Waals surface area contributed by atoms with Crippen LogP contribution in [0.15, 0.2) is 48.5 Å². The zero-order valence-electron chi connectivity index (χ0n) is 14.7. The average molecular weight is 358 g/mol. The molecule has 0 aromatic heterocycles. The molecule has 1 heterocycles. The monoisotopic (exact) mass is 357 g/mol. The maximum atomic E-state index is 13.1. The van der Waals surface area contributed by atoms with Gasteiger partial charge in [0.25, 0.3) is 0 Å². The smallest absolute Gasteiger partial charge is 0.246 e.